The summed E-state index contributed by atoms with van der Waals surface area (Å²) >= 11 is 0. The van der Waals surface area contributed by atoms with Gasteiger partial charge in [-0.3, -0.25) is 0 Å². The van der Waals surface area contributed by atoms with Crippen molar-refractivity contribution in [3.05, 3.63) is 34.9 Å². The summed E-state index contributed by atoms with van der Waals surface area (Å²) in [6, 6.07) is 5.32. The summed E-state index contributed by atoms with van der Waals surface area (Å²) in [7, 11) is -3.12. The Kier molecular flexibility index (Phi) is 3.25. The van der Waals surface area contributed by atoms with Gasteiger partial charge in [0.05, 0.1) is 18.5 Å². The first-order chi connectivity index (χ1) is 7.89. The number of hydrogen-bond acceptors (Lipinski definition) is 4. The third kappa shape index (κ3) is 2.51. The molecule has 2 N–H and O–H groups in total. The number of fused-ring (bicyclic) bond motifs is 1. The lowest BCUT2D eigenvalue weighted by Crippen LogP contribution is -2.30. The third-order valence-corrected chi connectivity index (χ3v) is 4.96. The van der Waals surface area contributed by atoms with Gasteiger partial charge >= 0.3 is 0 Å². The molecule has 5 heteroatoms. The molecule has 0 spiro atoms. The van der Waals surface area contributed by atoms with Gasteiger partial charge < -0.3 is 10.5 Å². The maximum atomic E-state index is 11.5. The molecule has 0 amide bonds. The van der Waals surface area contributed by atoms with Gasteiger partial charge in [0.1, 0.15) is 0 Å². The predicted molar refractivity (Wildman–Crippen MR) is 66.2 cm³/mol. The Morgan fingerprint density at radius 2 is 1.94 bits per heavy atom. The predicted octanol–water partition coefficient (Wildman–Crippen LogP) is 1.15. The maximum absolute atomic E-state index is 11.5. The number of ether oxygens (including phenoxy) is 1. The van der Waals surface area contributed by atoms with Crippen molar-refractivity contribution in [3.63, 3.8) is 0 Å². The zero-order valence-corrected chi connectivity index (χ0v) is 10.8. The molecule has 0 saturated heterocycles. The Bertz CT molecular complexity index is 525. The Balaban J connectivity index is 2.29. The summed E-state index contributed by atoms with van der Waals surface area (Å²) in [5.74, 6) is 0. The normalized spacial score (nSPS) is 18.8. The molecule has 2 atom stereocenters. The van der Waals surface area contributed by atoms with Crippen LogP contribution in [0.25, 0.3) is 0 Å². The molecule has 0 aliphatic carbocycles. The molecular formula is C12H17NO3S. The van der Waals surface area contributed by atoms with Gasteiger partial charge in [-0.2, -0.15) is 0 Å². The van der Waals surface area contributed by atoms with Crippen molar-refractivity contribution in [2.75, 3.05) is 6.26 Å². The second-order valence-corrected chi connectivity index (χ2v) is 6.98. The molecule has 1 aliphatic heterocycles. The minimum Gasteiger partial charge on any atom is -0.372 e. The summed E-state index contributed by atoms with van der Waals surface area (Å²) < 4.78 is 28.3. The van der Waals surface area contributed by atoms with Crippen molar-refractivity contribution >= 4 is 9.84 Å². The molecule has 0 radical (unpaired) electrons. The van der Waals surface area contributed by atoms with Crippen LogP contribution in [-0.4, -0.2) is 19.9 Å². The summed E-state index contributed by atoms with van der Waals surface area (Å²) in [4.78, 5) is 0. The Morgan fingerprint density at radius 3 is 2.59 bits per heavy atom. The molecule has 0 aromatic heterocycles. The van der Waals surface area contributed by atoms with E-state index in [2.05, 4.69) is 0 Å². The van der Waals surface area contributed by atoms with Crippen molar-refractivity contribution in [2.45, 2.75) is 31.4 Å². The molecule has 0 fully saturated rings. The molecule has 2 rings (SSSR count). The van der Waals surface area contributed by atoms with Crippen molar-refractivity contribution in [2.24, 2.45) is 5.73 Å². The third-order valence-electron chi connectivity index (χ3n) is 3.31. The van der Waals surface area contributed by atoms with Crippen LogP contribution in [0.1, 0.15) is 29.7 Å². The molecule has 2 unspecified atom stereocenters. The van der Waals surface area contributed by atoms with Crippen molar-refractivity contribution in [3.8, 4) is 0 Å². The minimum absolute atomic E-state index is 0.490. The van der Waals surface area contributed by atoms with Crippen LogP contribution in [0.4, 0.5) is 0 Å². The van der Waals surface area contributed by atoms with Gasteiger partial charge in [-0.1, -0.05) is 18.2 Å². The molecule has 1 aromatic rings. The van der Waals surface area contributed by atoms with Gasteiger partial charge in [-0.05, 0) is 23.6 Å². The summed E-state index contributed by atoms with van der Waals surface area (Å²) in [5, 5.41) is -0.581. The van der Waals surface area contributed by atoms with Gasteiger partial charge in [0.15, 0.2) is 9.84 Å². The number of nitrogens with two attached hydrogens (primary N) is 1. The number of rotatable bonds is 3. The monoisotopic (exact) mass is 255 g/mol. The van der Waals surface area contributed by atoms with E-state index < -0.39 is 21.1 Å². The molecule has 94 valence electrons. The summed E-state index contributed by atoms with van der Waals surface area (Å²) in [6.07, 6.45) is 1.22. The molecule has 17 heavy (non-hydrogen) atoms. The van der Waals surface area contributed by atoms with E-state index in [0.717, 1.165) is 16.7 Å². The molecule has 1 aromatic carbocycles. The number of sulfone groups is 1. The minimum atomic E-state index is -3.12. The van der Waals surface area contributed by atoms with E-state index in [1.54, 1.807) is 6.92 Å². The number of benzene rings is 1. The first kappa shape index (κ1) is 12.5. The van der Waals surface area contributed by atoms with Crippen molar-refractivity contribution < 1.29 is 13.2 Å². The highest BCUT2D eigenvalue weighted by Gasteiger charge is 2.25. The topological polar surface area (TPSA) is 69.4 Å². The van der Waals surface area contributed by atoms with Gasteiger partial charge in [0.2, 0.25) is 0 Å². The smallest absolute Gasteiger partial charge is 0.151 e. The van der Waals surface area contributed by atoms with E-state index in [4.69, 9.17) is 10.5 Å². The van der Waals surface area contributed by atoms with E-state index in [1.165, 1.54) is 6.26 Å². The van der Waals surface area contributed by atoms with Crippen LogP contribution in [0.3, 0.4) is 0 Å². The second-order valence-electron chi connectivity index (χ2n) is 4.58. The standard InChI is InChI=1S/C12H17NO3S/c1-8(17(2,14)15)12(13)9-3-4-10-6-16-7-11(10)5-9/h3-5,8,12H,6-7,13H2,1-2H3. The van der Waals surface area contributed by atoms with Crippen molar-refractivity contribution in [1.82, 2.24) is 0 Å². The summed E-state index contributed by atoms with van der Waals surface area (Å²) in [5.41, 5.74) is 9.12. The maximum Gasteiger partial charge on any atom is 0.151 e. The summed E-state index contributed by atoms with van der Waals surface area (Å²) in [6.45, 7) is 2.86. The Hall–Kier alpha value is -0.910. The molecule has 4 nitrogen and oxygen atoms in total. The Morgan fingerprint density at radius 1 is 1.29 bits per heavy atom. The van der Waals surface area contributed by atoms with Crippen molar-refractivity contribution in [1.29, 1.82) is 0 Å². The van der Waals surface area contributed by atoms with E-state index in [1.807, 2.05) is 18.2 Å². The first-order valence-electron chi connectivity index (χ1n) is 5.53. The second kappa shape index (κ2) is 4.40. The van der Waals surface area contributed by atoms with E-state index in [-0.39, 0.29) is 0 Å². The van der Waals surface area contributed by atoms with Crippen LogP contribution in [0.2, 0.25) is 0 Å². The highest BCUT2D eigenvalue weighted by molar-refractivity contribution is 7.91. The molecule has 0 saturated carbocycles. The zero-order chi connectivity index (χ0) is 12.6. The lowest BCUT2D eigenvalue weighted by molar-refractivity contribution is 0.134. The van der Waals surface area contributed by atoms with E-state index in [0.29, 0.717) is 13.2 Å². The van der Waals surface area contributed by atoms with Crippen LogP contribution < -0.4 is 5.73 Å². The lowest BCUT2D eigenvalue weighted by Gasteiger charge is -2.19. The van der Waals surface area contributed by atoms with Gasteiger partial charge in [0.25, 0.3) is 0 Å². The quantitative estimate of drug-likeness (QED) is 0.879. The fourth-order valence-electron chi connectivity index (χ4n) is 1.94. The molecule has 1 aliphatic rings. The SMILES string of the molecule is CC(C(N)c1ccc2c(c1)COC2)S(C)(=O)=O. The van der Waals surface area contributed by atoms with Gasteiger partial charge in [0, 0.05) is 12.3 Å². The first-order valence-corrected chi connectivity index (χ1v) is 7.49. The lowest BCUT2D eigenvalue weighted by atomic mass is 10.00. The average molecular weight is 255 g/mol. The zero-order valence-electron chi connectivity index (χ0n) is 10.0. The molecular weight excluding hydrogens is 238 g/mol. The van der Waals surface area contributed by atoms with E-state index >= 15 is 0 Å². The van der Waals surface area contributed by atoms with Crippen LogP contribution in [0.5, 0.6) is 0 Å². The van der Waals surface area contributed by atoms with Crippen LogP contribution in [0.15, 0.2) is 18.2 Å². The highest BCUT2D eigenvalue weighted by Crippen LogP contribution is 2.25. The fourth-order valence-corrected chi connectivity index (χ4v) is 2.63. The average Bonchev–Trinajstić information content (AvgIpc) is 2.72. The highest BCUT2D eigenvalue weighted by atomic mass is 32.2. The Labute approximate surface area is 102 Å². The van der Waals surface area contributed by atoms with Gasteiger partial charge in [-0.15, -0.1) is 0 Å². The van der Waals surface area contributed by atoms with Crippen LogP contribution in [0, 0.1) is 0 Å². The van der Waals surface area contributed by atoms with Gasteiger partial charge in [-0.25, -0.2) is 8.42 Å². The largest absolute Gasteiger partial charge is 0.372 e. The molecule has 1 heterocycles. The fraction of sp³-hybridized carbons (Fsp3) is 0.500. The molecule has 0 bridgehead atoms. The van der Waals surface area contributed by atoms with Crippen LogP contribution in [-0.2, 0) is 27.8 Å². The number of hydrogen-bond donors (Lipinski definition) is 1. The van der Waals surface area contributed by atoms with Crippen LogP contribution >= 0.6 is 0 Å². The van der Waals surface area contributed by atoms with E-state index in [9.17, 15) is 8.42 Å².